The van der Waals surface area contributed by atoms with E-state index in [-0.39, 0.29) is 5.91 Å². The number of hydrogen-bond donors (Lipinski definition) is 0. The lowest BCUT2D eigenvalue weighted by Crippen LogP contribution is -2.28. The van der Waals surface area contributed by atoms with Crippen molar-refractivity contribution in [3.8, 4) is 11.5 Å². The first kappa shape index (κ1) is 22.6. The number of benzene rings is 3. The molecule has 0 atom stereocenters. The molecule has 0 fully saturated rings. The van der Waals surface area contributed by atoms with Crippen molar-refractivity contribution < 1.29 is 14.3 Å². The minimum atomic E-state index is 0.0198. The molecule has 1 amide bonds. The lowest BCUT2D eigenvalue weighted by atomic mass is 10.1. The van der Waals surface area contributed by atoms with Crippen LogP contribution in [0.3, 0.4) is 0 Å². The predicted molar refractivity (Wildman–Crippen MR) is 133 cm³/mol. The average Bonchev–Trinajstić information content (AvgIpc) is 3.26. The first-order chi connectivity index (χ1) is 16.0. The molecule has 1 heterocycles. The Labute approximate surface area is 195 Å². The second kappa shape index (κ2) is 10.4. The molecule has 0 saturated carbocycles. The normalized spacial score (nSPS) is 12.9. The maximum Gasteiger partial charge on any atom is 0.258 e. The van der Waals surface area contributed by atoms with Crippen LogP contribution in [0.15, 0.2) is 72.8 Å². The molecule has 5 nitrogen and oxygen atoms in total. The summed E-state index contributed by atoms with van der Waals surface area (Å²) >= 11 is 0. The summed E-state index contributed by atoms with van der Waals surface area (Å²) in [7, 11) is 5.75. The van der Waals surface area contributed by atoms with Gasteiger partial charge in [0.15, 0.2) is 0 Å². The number of nitrogens with zero attached hydrogens (tertiary/aromatic N) is 2. The Morgan fingerprint density at radius 1 is 1.00 bits per heavy atom. The fourth-order valence-electron chi connectivity index (χ4n) is 3.87. The molecule has 1 aliphatic rings. The topological polar surface area (TPSA) is 42.0 Å². The van der Waals surface area contributed by atoms with E-state index < -0.39 is 0 Å². The minimum absolute atomic E-state index is 0.0198. The van der Waals surface area contributed by atoms with Gasteiger partial charge < -0.3 is 19.3 Å². The molecule has 0 saturated heterocycles. The third-order valence-electron chi connectivity index (χ3n) is 5.69. The SMILES string of the molecule is COc1ccc(COc2ccc(C(=O)N3CCc4cc(C=CCN(C)C)ccc43)cc2)cc1. The molecule has 1 aliphatic heterocycles. The summed E-state index contributed by atoms with van der Waals surface area (Å²) in [4.78, 5) is 17.1. The van der Waals surface area contributed by atoms with Crippen molar-refractivity contribution in [2.24, 2.45) is 0 Å². The van der Waals surface area contributed by atoms with E-state index in [9.17, 15) is 4.79 Å². The van der Waals surface area contributed by atoms with E-state index in [1.165, 1.54) is 11.1 Å². The summed E-state index contributed by atoms with van der Waals surface area (Å²) in [5.74, 6) is 1.58. The quantitative estimate of drug-likeness (QED) is 0.490. The molecule has 4 rings (SSSR count). The monoisotopic (exact) mass is 442 g/mol. The van der Waals surface area contributed by atoms with Gasteiger partial charge >= 0.3 is 0 Å². The molecular weight excluding hydrogens is 412 g/mol. The van der Waals surface area contributed by atoms with Gasteiger partial charge in [0, 0.05) is 24.3 Å². The second-order valence-electron chi connectivity index (χ2n) is 8.42. The van der Waals surface area contributed by atoms with Crippen molar-refractivity contribution in [2.75, 3.05) is 39.2 Å². The molecule has 0 aliphatic carbocycles. The number of hydrogen-bond acceptors (Lipinski definition) is 4. The largest absolute Gasteiger partial charge is 0.497 e. The highest BCUT2D eigenvalue weighted by Gasteiger charge is 2.25. The molecule has 3 aromatic carbocycles. The van der Waals surface area contributed by atoms with Gasteiger partial charge in [-0.2, -0.15) is 0 Å². The summed E-state index contributed by atoms with van der Waals surface area (Å²) in [6.07, 6.45) is 5.16. The molecule has 0 bridgehead atoms. The highest BCUT2D eigenvalue weighted by Crippen LogP contribution is 2.31. The van der Waals surface area contributed by atoms with Crippen molar-refractivity contribution in [3.63, 3.8) is 0 Å². The lowest BCUT2D eigenvalue weighted by Gasteiger charge is -2.18. The van der Waals surface area contributed by atoms with Crippen molar-refractivity contribution in [3.05, 3.63) is 95.1 Å². The van der Waals surface area contributed by atoms with E-state index in [0.29, 0.717) is 18.7 Å². The fourth-order valence-corrected chi connectivity index (χ4v) is 3.87. The van der Waals surface area contributed by atoms with E-state index >= 15 is 0 Å². The lowest BCUT2D eigenvalue weighted by molar-refractivity contribution is 0.0989. The molecule has 0 radical (unpaired) electrons. The number of amides is 1. The van der Waals surface area contributed by atoms with Crippen molar-refractivity contribution in [1.29, 1.82) is 0 Å². The highest BCUT2D eigenvalue weighted by atomic mass is 16.5. The molecule has 0 N–H and O–H groups in total. The first-order valence-corrected chi connectivity index (χ1v) is 11.2. The molecular formula is C28H30N2O3. The number of rotatable bonds is 8. The predicted octanol–water partition coefficient (Wildman–Crippen LogP) is 5.05. The van der Waals surface area contributed by atoms with Crippen LogP contribution in [0.2, 0.25) is 0 Å². The first-order valence-electron chi connectivity index (χ1n) is 11.2. The Balaban J connectivity index is 1.38. The van der Waals surface area contributed by atoms with Crippen LogP contribution >= 0.6 is 0 Å². The number of fused-ring (bicyclic) bond motifs is 1. The molecule has 0 aromatic heterocycles. The number of ether oxygens (including phenoxy) is 2. The Hall–Kier alpha value is -3.57. The van der Waals surface area contributed by atoms with E-state index in [2.05, 4.69) is 49.3 Å². The highest BCUT2D eigenvalue weighted by molar-refractivity contribution is 6.07. The van der Waals surface area contributed by atoms with Crippen LogP contribution in [0.5, 0.6) is 11.5 Å². The smallest absolute Gasteiger partial charge is 0.258 e. The van der Waals surface area contributed by atoms with E-state index in [4.69, 9.17) is 9.47 Å². The van der Waals surface area contributed by atoms with Crippen LogP contribution < -0.4 is 14.4 Å². The zero-order valence-corrected chi connectivity index (χ0v) is 19.5. The van der Waals surface area contributed by atoms with Gasteiger partial charge in [-0.25, -0.2) is 0 Å². The molecule has 0 spiro atoms. The number of carbonyl (C=O) groups is 1. The van der Waals surface area contributed by atoms with Crippen LogP contribution in [0.1, 0.15) is 27.0 Å². The van der Waals surface area contributed by atoms with Crippen LogP contribution in [0.4, 0.5) is 5.69 Å². The second-order valence-corrected chi connectivity index (χ2v) is 8.42. The van der Waals surface area contributed by atoms with Crippen LogP contribution in [-0.2, 0) is 13.0 Å². The van der Waals surface area contributed by atoms with E-state index in [0.717, 1.165) is 35.7 Å². The minimum Gasteiger partial charge on any atom is -0.497 e. The summed E-state index contributed by atoms with van der Waals surface area (Å²) in [5.41, 5.74) is 5.11. The zero-order valence-electron chi connectivity index (χ0n) is 19.5. The summed E-state index contributed by atoms with van der Waals surface area (Å²) in [5, 5.41) is 0. The zero-order chi connectivity index (χ0) is 23.2. The molecule has 0 unspecified atom stereocenters. The maximum absolute atomic E-state index is 13.1. The maximum atomic E-state index is 13.1. The number of likely N-dealkylation sites (N-methyl/N-ethyl adjacent to an activating group) is 1. The van der Waals surface area contributed by atoms with E-state index in [1.807, 2.05) is 53.4 Å². The van der Waals surface area contributed by atoms with Gasteiger partial charge in [0.1, 0.15) is 18.1 Å². The van der Waals surface area contributed by atoms with E-state index in [1.54, 1.807) is 7.11 Å². The van der Waals surface area contributed by atoms with Crippen molar-refractivity contribution in [2.45, 2.75) is 13.0 Å². The average molecular weight is 443 g/mol. The standard InChI is InChI=1S/C28H30N2O3/c1-29(2)17-4-5-21-8-15-27-24(19-21)16-18-30(27)28(31)23-9-13-26(14-10-23)33-20-22-6-11-25(32-3)12-7-22/h4-15,19H,16-18,20H2,1-3H3. The Morgan fingerprint density at radius 2 is 1.73 bits per heavy atom. The van der Waals surface area contributed by atoms with Crippen LogP contribution in [-0.4, -0.2) is 45.1 Å². The molecule has 170 valence electrons. The number of anilines is 1. The third kappa shape index (κ3) is 5.62. The van der Waals surface area contributed by atoms with Gasteiger partial charge in [-0.1, -0.05) is 30.4 Å². The Bertz CT molecular complexity index is 1120. The fraction of sp³-hybridized carbons (Fsp3) is 0.250. The van der Waals surface area contributed by atoms with Gasteiger partial charge in [0.2, 0.25) is 0 Å². The molecule has 3 aromatic rings. The summed E-state index contributed by atoms with van der Waals surface area (Å²) in [6.45, 7) is 2.07. The van der Waals surface area contributed by atoms with Crippen LogP contribution in [0.25, 0.3) is 6.08 Å². The van der Waals surface area contributed by atoms with Crippen molar-refractivity contribution >= 4 is 17.7 Å². The number of methoxy groups -OCH3 is 1. The molecule has 5 heteroatoms. The Kier molecular flexibility index (Phi) is 7.10. The van der Waals surface area contributed by atoms with Crippen molar-refractivity contribution in [1.82, 2.24) is 4.90 Å². The summed E-state index contributed by atoms with van der Waals surface area (Å²) < 4.78 is 11.0. The van der Waals surface area contributed by atoms with Crippen LogP contribution in [0, 0.1) is 0 Å². The van der Waals surface area contributed by atoms with Gasteiger partial charge in [-0.05, 0) is 85.7 Å². The van der Waals surface area contributed by atoms with Gasteiger partial charge in [-0.15, -0.1) is 0 Å². The Morgan fingerprint density at radius 3 is 2.42 bits per heavy atom. The van der Waals surface area contributed by atoms with Gasteiger partial charge in [0.25, 0.3) is 5.91 Å². The third-order valence-corrected chi connectivity index (χ3v) is 5.69. The number of carbonyl (C=O) groups excluding carboxylic acids is 1. The molecule has 33 heavy (non-hydrogen) atoms. The van der Waals surface area contributed by atoms with Gasteiger partial charge in [0.05, 0.1) is 7.11 Å². The van der Waals surface area contributed by atoms with Gasteiger partial charge in [-0.3, -0.25) is 4.79 Å². The summed E-state index contributed by atoms with van der Waals surface area (Å²) in [6, 6.07) is 21.5.